The monoisotopic (exact) mass is 873 g/mol. The minimum absolute atomic E-state index is 0.0618. The van der Waals surface area contributed by atoms with Gasteiger partial charge in [0.15, 0.2) is 6.10 Å². The molecule has 0 bridgehead atoms. The molecular formula is C57H108O5. The largest absolute Gasteiger partial charge is 0.462 e. The average molecular weight is 873 g/mol. The summed E-state index contributed by atoms with van der Waals surface area (Å²) in [6, 6.07) is 0. The van der Waals surface area contributed by atoms with Crippen molar-refractivity contribution in [2.75, 3.05) is 13.2 Å². The third-order valence-corrected chi connectivity index (χ3v) is 12.7. The lowest BCUT2D eigenvalue weighted by Gasteiger charge is -2.15. The summed E-state index contributed by atoms with van der Waals surface area (Å²) >= 11 is 0. The average Bonchev–Trinajstić information content (AvgIpc) is 3.28. The molecule has 62 heavy (non-hydrogen) atoms. The molecule has 0 saturated carbocycles. The van der Waals surface area contributed by atoms with E-state index in [1.807, 2.05) is 0 Å². The number of unbranched alkanes of at least 4 members (excludes halogenated alkanes) is 40. The number of esters is 2. The van der Waals surface area contributed by atoms with Crippen LogP contribution in [0.1, 0.15) is 309 Å². The fourth-order valence-electron chi connectivity index (χ4n) is 8.49. The van der Waals surface area contributed by atoms with Gasteiger partial charge in [-0.15, -0.1) is 0 Å². The first-order chi connectivity index (χ1) is 30.6. The molecule has 1 atom stereocenters. The Hall–Kier alpha value is -1.62. The number of ether oxygens (including phenoxy) is 2. The second kappa shape index (κ2) is 53.7. The standard InChI is InChI=1S/C57H108O5/c1-3-5-7-9-11-13-15-17-19-21-23-25-26-27-28-29-30-32-34-36-38-40-42-44-46-48-50-52-57(60)62-55(53-58)54-61-56(59)51-49-47-45-43-41-39-37-35-33-31-24-22-20-18-16-14-12-10-8-6-4-2/h21-24,55,58H,3-20,25-54H2,1-2H3/b23-21-,24-22-. The van der Waals surface area contributed by atoms with E-state index in [0.29, 0.717) is 12.8 Å². The maximum Gasteiger partial charge on any atom is 0.306 e. The third kappa shape index (κ3) is 51.0. The van der Waals surface area contributed by atoms with Gasteiger partial charge in [0.1, 0.15) is 6.61 Å². The Labute approximate surface area is 387 Å². The van der Waals surface area contributed by atoms with Crippen molar-refractivity contribution in [2.24, 2.45) is 0 Å². The van der Waals surface area contributed by atoms with Crippen LogP contribution in [-0.2, 0) is 19.1 Å². The molecule has 0 heterocycles. The molecule has 0 aromatic rings. The zero-order valence-electron chi connectivity index (χ0n) is 41.9. The lowest BCUT2D eigenvalue weighted by molar-refractivity contribution is -0.161. The van der Waals surface area contributed by atoms with Gasteiger partial charge in [-0.3, -0.25) is 9.59 Å². The topological polar surface area (TPSA) is 72.8 Å². The molecule has 0 rings (SSSR count). The summed E-state index contributed by atoms with van der Waals surface area (Å²) in [5.41, 5.74) is 0. The van der Waals surface area contributed by atoms with Crippen LogP contribution in [0.25, 0.3) is 0 Å². The Bertz CT molecular complexity index is 943. The third-order valence-electron chi connectivity index (χ3n) is 12.7. The van der Waals surface area contributed by atoms with Gasteiger partial charge in [0.2, 0.25) is 0 Å². The van der Waals surface area contributed by atoms with E-state index >= 15 is 0 Å². The van der Waals surface area contributed by atoms with Crippen LogP contribution in [0.15, 0.2) is 24.3 Å². The Kier molecular flexibility index (Phi) is 52.3. The van der Waals surface area contributed by atoms with Gasteiger partial charge >= 0.3 is 11.9 Å². The number of carbonyl (C=O) groups is 2. The van der Waals surface area contributed by atoms with Crippen LogP contribution in [0, 0.1) is 0 Å². The summed E-state index contributed by atoms with van der Waals surface area (Å²) in [6.45, 7) is 4.18. The summed E-state index contributed by atoms with van der Waals surface area (Å²) in [4.78, 5) is 24.5. The van der Waals surface area contributed by atoms with Crippen molar-refractivity contribution < 1.29 is 24.2 Å². The van der Waals surface area contributed by atoms with Crippen molar-refractivity contribution in [1.29, 1.82) is 0 Å². The fourth-order valence-corrected chi connectivity index (χ4v) is 8.49. The molecule has 5 nitrogen and oxygen atoms in total. The Morgan fingerprint density at radius 2 is 0.597 bits per heavy atom. The maximum atomic E-state index is 12.3. The van der Waals surface area contributed by atoms with Gasteiger partial charge < -0.3 is 14.6 Å². The molecular weight excluding hydrogens is 765 g/mol. The highest BCUT2D eigenvalue weighted by Gasteiger charge is 2.16. The van der Waals surface area contributed by atoms with Crippen molar-refractivity contribution in [3.05, 3.63) is 24.3 Å². The summed E-state index contributed by atoms with van der Waals surface area (Å²) in [6.07, 6.45) is 67.2. The van der Waals surface area contributed by atoms with Crippen molar-refractivity contribution >= 4 is 11.9 Å². The molecule has 0 aliphatic carbocycles. The van der Waals surface area contributed by atoms with E-state index in [1.54, 1.807) is 0 Å². The molecule has 0 fully saturated rings. The molecule has 1 unspecified atom stereocenters. The van der Waals surface area contributed by atoms with E-state index in [2.05, 4.69) is 38.2 Å². The molecule has 5 heteroatoms. The molecule has 0 radical (unpaired) electrons. The Morgan fingerprint density at radius 3 is 0.871 bits per heavy atom. The minimum Gasteiger partial charge on any atom is -0.462 e. The van der Waals surface area contributed by atoms with Gasteiger partial charge in [-0.05, 0) is 64.2 Å². The number of aliphatic hydroxyl groups excluding tert-OH is 1. The van der Waals surface area contributed by atoms with Gasteiger partial charge in [0.25, 0.3) is 0 Å². The van der Waals surface area contributed by atoms with Crippen molar-refractivity contribution in [2.45, 2.75) is 315 Å². The highest BCUT2D eigenvalue weighted by atomic mass is 16.6. The predicted molar refractivity (Wildman–Crippen MR) is 270 cm³/mol. The molecule has 0 aromatic carbocycles. The molecule has 0 aliphatic heterocycles. The fraction of sp³-hybridized carbons (Fsp3) is 0.895. The van der Waals surface area contributed by atoms with Gasteiger partial charge in [-0.2, -0.15) is 0 Å². The van der Waals surface area contributed by atoms with E-state index in [0.717, 1.165) is 38.5 Å². The van der Waals surface area contributed by atoms with Gasteiger partial charge in [-0.25, -0.2) is 0 Å². The minimum atomic E-state index is -0.770. The zero-order valence-corrected chi connectivity index (χ0v) is 41.9. The van der Waals surface area contributed by atoms with Crippen molar-refractivity contribution in [3.8, 4) is 0 Å². The lowest BCUT2D eigenvalue weighted by Crippen LogP contribution is -2.28. The van der Waals surface area contributed by atoms with Gasteiger partial charge in [-0.1, -0.05) is 256 Å². The van der Waals surface area contributed by atoms with Gasteiger partial charge in [0.05, 0.1) is 6.61 Å². The second-order valence-corrected chi connectivity index (χ2v) is 19.0. The van der Waals surface area contributed by atoms with Gasteiger partial charge in [0, 0.05) is 12.8 Å². The quantitative estimate of drug-likeness (QED) is 0.0374. The number of hydrogen-bond donors (Lipinski definition) is 1. The number of carbonyl (C=O) groups excluding carboxylic acids is 2. The highest BCUT2D eigenvalue weighted by Crippen LogP contribution is 2.17. The Morgan fingerprint density at radius 1 is 0.355 bits per heavy atom. The first-order valence-electron chi connectivity index (χ1n) is 27.9. The van der Waals surface area contributed by atoms with Crippen LogP contribution in [0.2, 0.25) is 0 Å². The Balaban J connectivity index is 3.44. The van der Waals surface area contributed by atoms with Crippen LogP contribution < -0.4 is 0 Å². The number of allylic oxidation sites excluding steroid dienone is 4. The van der Waals surface area contributed by atoms with Crippen LogP contribution in [0.4, 0.5) is 0 Å². The van der Waals surface area contributed by atoms with E-state index in [-0.39, 0.29) is 25.2 Å². The molecule has 0 amide bonds. The summed E-state index contributed by atoms with van der Waals surface area (Å²) in [5.74, 6) is -0.576. The van der Waals surface area contributed by atoms with E-state index in [1.165, 1.54) is 244 Å². The van der Waals surface area contributed by atoms with E-state index < -0.39 is 6.10 Å². The normalized spacial score (nSPS) is 12.2. The number of aliphatic hydroxyl groups is 1. The van der Waals surface area contributed by atoms with Crippen LogP contribution in [-0.4, -0.2) is 36.4 Å². The first-order valence-corrected chi connectivity index (χ1v) is 27.9. The summed E-state index contributed by atoms with van der Waals surface area (Å²) in [7, 11) is 0. The SMILES string of the molecule is CCCCCCCCCC/C=C\CCCCCCCCCCCCCCCCCC(=O)OC(CO)COC(=O)CCCCCCCCCCC/C=C\CCCCCCCCCC. The molecule has 366 valence electrons. The number of rotatable bonds is 52. The maximum absolute atomic E-state index is 12.3. The van der Waals surface area contributed by atoms with Crippen molar-refractivity contribution in [3.63, 3.8) is 0 Å². The smallest absolute Gasteiger partial charge is 0.306 e. The van der Waals surface area contributed by atoms with Crippen LogP contribution >= 0.6 is 0 Å². The van der Waals surface area contributed by atoms with Crippen molar-refractivity contribution in [1.82, 2.24) is 0 Å². The lowest BCUT2D eigenvalue weighted by atomic mass is 10.0. The molecule has 0 spiro atoms. The summed E-state index contributed by atoms with van der Waals surface area (Å²) < 4.78 is 10.7. The van der Waals surface area contributed by atoms with E-state index in [9.17, 15) is 14.7 Å². The second-order valence-electron chi connectivity index (χ2n) is 19.0. The van der Waals surface area contributed by atoms with E-state index in [4.69, 9.17) is 9.47 Å². The zero-order chi connectivity index (χ0) is 44.9. The number of hydrogen-bond acceptors (Lipinski definition) is 5. The van der Waals surface area contributed by atoms with Crippen LogP contribution in [0.5, 0.6) is 0 Å². The molecule has 0 aromatic heterocycles. The highest BCUT2D eigenvalue weighted by molar-refractivity contribution is 5.70. The first kappa shape index (κ1) is 60.4. The predicted octanol–water partition coefficient (Wildman–Crippen LogP) is 18.5. The van der Waals surface area contributed by atoms with Crippen LogP contribution in [0.3, 0.4) is 0 Å². The molecule has 0 saturated heterocycles. The molecule has 0 aliphatic rings. The summed E-state index contributed by atoms with van der Waals surface area (Å²) in [5, 5.41) is 9.64. The molecule has 1 N–H and O–H groups in total.